The van der Waals surface area contributed by atoms with Crippen molar-refractivity contribution in [2.24, 2.45) is 11.7 Å². The van der Waals surface area contributed by atoms with E-state index in [1.54, 1.807) is 10.9 Å². The molecule has 0 spiro atoms. The molecule has 2 unspecified atom stereocenters. The molecule has 1 saturated heterocycles. The Bertz CT molecular complexity index is 727. The van der Waals surface area contributed by atoms with E-state index in [0.717, 1.165) is 24.3 Å². The molecule has 1 amide bonds. The molecular weight excluding hydrogens is 312 g/mol. The van der Waals surface area contributed by atoms with E-state index in [9.17, 15) is 4.79 Å². The number of carbonyl (C=O) groups excluding carboxylic acids is 1. The van der Waals surface area contributed by atoms with Crippen molar-refractivity contribution < 1.29 is 4.79 Å². The smallest absolute Gasteiger partial charge is 0.257 e. The second-order valence-electron chi connectivity index (χ2n) is 6.18. The summed E-state index contributed by atoms with van der Waals surface area (Å²) < 4.78 is 1.75. The van der Waals surface area contributed by atoms with Crippen LogP contribution in [-0.2, 0) is 0 Å². The summed E-state index contributed by atoms with van der Waals surface area (Å²) in [4.78, 5) is 14.8. The Kier molecular flexibility index (Phi) is 4.41. The lowest BCUT2D eigenvalue weighted by Crippen LogP contribution is -2.34. The molecular formula is C17H21ClN4O. The SMILES string of the molecule is Cc1c(C(=O)N2CC(CN)CC2C)cnn1-c1cccc(Cl)c1. The summed E-state index contributed by atoms with van der Waals surface area (Å²) in [5.41, 5.74) is 8.06. The van der Waals surface area contributed by atoms with Gasteiger partial charge in [0.15, 0.2) is 0 Å². The first-order valence-corrected chi connectivity index (χ1v) is 8.20. The minimum Gasteiger partial charge on any atom is -0.335 e. The van der Waals surface area contributed by atoms with Crippen molar-refractivity contribution in [3.05, 3.63) is 46.7 Å². The molecule has 1 aliphatic rings. The van der Waals surface area contributed by atoms with Crippen LogP contribution in [0.25, 0.3) is 5.69 Å². The van der Waals surface area contributed by atoms with Gasteiger partial charge < -0.3 is 10.6 Å². The van der Waals surface area contributed by atoms with Gasteiger partial charge in [-0.1, -0.05) is 17.7 Å². The van der Waals surface area contributed by atoms with Crippen LogP contribution in [0.4, 0.5) is 0 Å². The number of nitrogens with two attached hydrogens (primary N) is 1. The Morgan fingerprint density at radius 1 is 1.48 bits per heavy atom. The fourth-order valence-electron chi connectivity index (χ4n) is 3.24. The van der Waals surface area contributed by atoms with Crippen LogP contribution in [0.3, 0.4) is 0 Å². The number of amides is 1. The molecule has 1 aromatic heterocycles. The van der Waals surface area contributed by atoms with Gasteiger partial charge in [0.25, 0.3) is 5.91 Å². The molecule has 2 atom stereocenters. The first-order chi connectivity index (χ1) is 11.0. The monoisotopic (exact) mass is 332 g/mol. The van der Waals surface area contributed by atoms with E-state index in [0.29, 0.717) is 23.0 Å². The largest absolute Gasteiger partial charge is 0.335 e. The van der Waals surface area contributed by atoms with Crippen LogP contribution in [0.2, 0.25) is 5.02 Å². The van der Waals surface area contributed by atoms with Gasteiger partial charge in [-0.15, -0.1) is 0 Å². The van der Waals surface area contributed by atoms with Crippen LogP contribution in [0, 0.1) is 12.8 Å². The van der Waals surface area contributed by atoms with Gasteiger partial charge in [-0.05, 0) is 50.9 Å². The van der Waals surface area contributed by atoms with Gasteiger partial charge in [0.05, 0.1) is 23.1 Å². The van der Waals surface area contributed by atoms with Crippen LogP contribution in [0.5, 0.6) is 0 Å². The summed E-state index contributed by atoms with van der Waals surface area (Å²) in [5.74, 6) is 0.413. The molecule has 0 saturated carbocycles. The summed E-state index contributed by atoms with van der Waals surface area (Å²) in [5, 5.41) is 5.01. The Labute approximate surface area is 141 Å². The first-order valence-electron chi connectivity index (χ1n) is 7.83. The highest BCUT2D eigenvalue weighted by Crippen LogP contribution is 2.26. The molecule has 2 aromatic rings. The van der Waals surface area contributed by atoms with Crippen LogP contribution in [0.1, 0.15) is 29.4 Å². The molecule has 2 N–H and O–H groups in total. The summed E-state index contributed by atoms with van der Waals surface area (Å²) in [6, 6.07) is 7.65. The number of aromatic nitrogens is 2. The lowest BCUT2D eigenvalue weighted by atomic mass is 10.1. The van der Waals surface area contributed by atoms with Gasteiger partial charge >= 0.3 is 0 Å². The molecule has 0 aliphatic carbocycles. The average molecular weight is 333 g/mol. The Hall–Kier alpha value is -1.85. The molecule has 23 heavy (non-hydrogen) atoms. The maximum atomic E-state index is 12.9. The molecule has 2 heterocycles. The molecule has 5 nitrogen and oxygen atoms in total. The lowest BCUT2D eigenvalue weighted by Gasteiger charge is -2.21. The van der Waals surface area contributed by atoms with E-state index >= 15 is 0 Å². The maximum absolute atomic E-state index is 12.9. The third kappa shape index (κ3) is 2.99. The molecule has 122 valence electrons. The fourth-order valence-corrected chi connectivity index (χ4v) is 3.42. The third-order valence-corrected chi connectivity index (χ3v) is 4.78. The molecule has 1 aliphatic heterocycles. The number of hydrogen-bond donors (Lipinski definition) is 1. The number of hydrogen-bond acceptors (Lipinski definition) is 3. The van der Waals surface area contributed by atoms with Crippen LogP contribution < -0.4 is 5.73 Å². The zero-order chi connectivity index (χ0) is 16.6. The average Bonchev–Trinajstić information content (AvgIpc) is 3.09. The van der Waals surface area contributed by atoms with Crippen molar-refractivity contribution in [3.63, 3.8) is 0 Å². The summed E-state index contributed by atoms with van der Waals surface area (Å²) >= 11 is 6.04. The van der Waals surface area contributed by atoms with Crippen LogP contribution in [-0.4, -0.2) is 39.7 Å². The molecule has 1 fully saturated rings. The second-order valence-corrected chi connectivity index (χ2v) is 6.62. The standard InChI is InChI=1S/C17H21ClN4O/c1-11-6-13(8-19)10-21(11)17(23)16-9-20-22(12(16)2)15-5-3-4-14(18)7-15/h3-5,7,9,11,13H,6,8,10,19H2,1-2H3. The second kappa shape index (κ2) is 6.34. The summed E-state index contributed by atoms with van der Waals surface area (Å²) in [7, 11) is 0. The third-order valence-electron chi connectivity index (χ3n) is 4.55. The normalized spacial score (nSPS) is 21.0. The number of carbonyl (C=O) groups is 1. The van der Waals surface area contributed by atoms with Crippen LogP contribution in [0.15, 0.2) is 30.5 Å². The van der Waals surface area contributed by atoms with E-state index in [4.69, 9.17) is 17.3 Å². The fraction of sp³-hybridized carbons (Fsp3) is 0.412. The number of benzene rings is 1. The van der Waals surface area contributed by atoms with E-state index in [1.165, 1.54) is 0 Å². The number of rotatable bonds is 3. The Balaban J connectivity index is 1.89. The molecule has 1 aromatic carbocycles. The van der Waals surface area contributed by atoms with Gasteiger partial charge in [-0.25, -0.2) is 4.68 Å². The molecule has 6 heteroatoms. The van der Waals surface area contributed by atoms with Crippen molar-refractivity contribution in [1.82, 2.24) is 14.7 Å². The summed E-state index contributed by atoms with van der Waals surface area (Å²) in [6.07, 6.45) is 2.60. The van der Waals surface area contributed by atoms with Gasteiger partial charge in [0, 0.05) is 17.6 Å². The topological polar surface area (TPSA) is 64.2 Å². The highest BCUT2D eigenvalue weighted by atomic mass is 35.5. The molecule has 0 bridgehead atoms. The van der Waals surface area contributed by atoms with E-state index < -0.39 is 0 Å². The van der Waals surface area contributed by atoms with Crippen LogP contribution >= 0.6 is 11.6 Å². The zero-order valence-corrected chi connectivity index (χ0v) is 14.1. The quantitative estimate of drug-likeness (QED) is 0.939. The Morgan fingerprint density at radius 2 is 2.26 bits per heavy atom. The first kappa shape index (κ1) is 16.0. The lowest BCUT2D eigenvalue weighted by molar-refractivity contribution is 0.0742. The zero-order valence-electron chi connectivity index (χ0n) is 13.4. The molecule has 0 radical (unpaired) electrons. The van der Waals surface area contributed by atoms with Gasteiger partial charge in [-0.2, -0.15) is 5.10 Å². The molecule has 3 rings (SSSR count). The highest BCUT2D eigenvalue weighted by molar-refractivity contribution is 6.30. The van der Waals surface area contributed by atoms with Crippen molar-refractivity contribution in [2.75, 3.05) is 13.1 Å². The van der Waals surface area contributed by atoms with E-state index in [-0.39, 0.29) is 11.9 Å². The van der Waals surface area contributed by atoms with Gasteiger partial charge in [0.2, 0.25) is 0 Å². The summed E-state index contributed by atoms with van der Waals surface area (Å²) in [6.45, 7) is 5.32. The van der Waals surface area contributed by atoms with Gasteiger partial charge in [-0.3, -0.25) is 4.79 Å². The number of halogens is 1. The number of likely N-dealkylation sites (tertiary alicyclic amines) is 1. The van der Waals surface area contributed by atoms with Crippen molar-refractivity contribution in [1.29, 1.82) is 0 Å². The minimum atomic E-state index is 0.0271. The minimum absolute atomic E-state index is 0.0271. The van der Waals surface area contributed by atoms with E-state index in [1.807, 2.05) is 36.1 Å². The van der Waals surface area contributed by atoms with Crippen molar-refractivity contribution in [2.45, 2.75) is 26.3 Å². The van der Waals surface area contributed by atoms with E-state index in [2.05, 4.69) is 12.0 Å². The van der Waals surface area contributed by atoms with Crippen molar-refractivity contribution in [3.8, 4) is 5.69 Å². The predicted octanol–water partition coefficient (Wildman–Crippen LogP) is 2.64. The van der Waals surface area contributed by atoms with Crippen molar-refractivity contribution >= 4 is 17.5 Å². The Morgan fingerprint density at radius 3 is 2.91 bits per heavy atom. The highest BCUT2D eigenvalue weighted by Gasteiger charge is 2.33. The maximum Gasteiger partial charge on any atom is 0.257 e. The van der Waals surface area contributed by atoms with Gasteiger partial charge in [0.1, 0.15) is 0 Å². The predicted molar refractivity (Wildman–Crippen MR) is 91.0 cm³/mol. The number of nitrogens with zero attached hydrogens (tertiary/aromatic N) is 3.